The second-order valence-electron chi connectivity index (χ2n) is 3.81. The summed E-state index contributed by atoms with van der Waals surface area (Å²) < 4.78 is 36.5. The van der Waals surface area contributed by atoms with E-state index in [4.69, 9.17) is 0 Å². The fraction of sp³-hybridized carbons (Fsp3) is 0. The van der Waals surface area contributed by atoms with Crippen LogP contribution in [-0.2, 0) is 0 Å². The Morgan fingerprint density at radius 1 is 0.947 bits per heavy atom. The molecule has 0 atom stereocenters. The summed E-state index contributed by atoms with van der Waals surface area (Å²) in [6, 6.07) is 12.5. The molecule has 1 N–H and O–H groups in total. The molecule has 3 rings (SSSR count). The second-order valence-corrected chi connectivity index (χ2v) is 5.80. The Hall–Kier alpha value is -1.44. The molecule has 0 saturated heterocycles. The van der Waals surface area contributed by atoms with E-state index < -0.39 is 10.2 Å². The van der Waals surface area contributed by atoms with Crippen LogP contribution < -0.4 is 23.6 Å². The van der Waals surface area contributed by atoms with Crippen molar-refractivity contribution in [1.82, 2.24) is 0 Å². The summed E-state index contributed by atoms with van der Waals surface area (Å²) in [4.78, 5) is 1.82. The predicted octanol–water partition coefficient (Wildman–Crippen LogP) is 0.171. The van der Waals surface area contributed by atoms with Gasteiger partial charge in [-0.25, -0.2) is 0 Å². The number of hydrogen-bond acceptors (Lipinski definition) is 6. The number of rotatable bonds is 2. The van der Waals surface area contributed by atoms with E-state index in [0.717, 1.165) is 15.5 Å². The number of fused-ring (bicyclic) bond motifs is 2. The molecule has 0 unspecified atom stereocenters. The van der Waals surface area contributed by atoms with Crippen molar-refractivity contribution in [2.45, 2.75) is 9.79 Å². The maximum Gasteiger partial charge on any atom is 0.312 e. The minimum atomic E-state index is -4.51. The zero-order chi connectivity index (χ0) is 13.5. The van der Waals surface area contributed by atoms with E-state index in [2.05, 4.69) is 9.61 Å². The summed E-state index contributed by atoms with van der Waals surface area (Å²) in [5.74, 6) is -0.00355. The van der Waals surface area contributed by atoms with Crippen LogP contribution in [0.15, 0.2) is 52.3 Å². The van der Waals surface area contributed by atoms with Crippen molar-refractivity contribution in [2.75, 3.05) is 5.32 Å². The fourth-order valence-electron chi connectivity index (χ4n) is 1.80. The summed E-state index contributed by atoms with van der Waals surface area (Å²) in [5, 5.41) is 3.08. The van der Waals surface area contributed by atoms with Crippen molar-refractivity contribution in [3.63, 3.8) is 0 Å². The zero-order valence-electron chi connectivity index (χ0n) is 9.46. The highest BCUT2D eigenvalue weighted by atomic mass is 35.7. The van der Waals surface area contributed by atoms with Gasteiger partial charge >= 0.3 is 5.75 Å². The van der Waals surface area contributed by atoms with Crippen LogP contribution in [0.4, 0.5) is 11.4 Å². The molecule has 0 aromatic heterocycles. The van der Waals surface area contributed by atoms with Gasteiger partial charge in [0.15, 0.2) is 0 Å². The summed E-state index contributed by atoms with van der Waals surface area (Å²) >= 11 is 1.48. The molecule has 1 heterocycles. The molecule has 0 fully saturated rings. The number of hydrogen-bond donors (Lipinski definition) is 1. The maximum absolute atomic E-state index is 10.7. The van der Waals surface area contributed by atoms with Crippen molar-refractivity contribution < 1.29 is 28.5 Å². The molecular formula is C12H8ClNO4S. The third-order valence-electron chi connectivity index (χ3n) is 2.53. The Labute approximate surface area is 115 Å². The summed E-state index contributed by atoms with van der Waals surface area (Å²) in [5.41, 5.74) is 1.33. The Kier molecular flexibility index (Phi) is 3.04. The van der Waals surface area contributed by atoms with E-state index in [-0.39, 0.29) is 5.75 Å². The van der Waals surface area contributed by atoms with Gasteiger partial charge in [-0.2, -0.15) is 14.0 Å². The average molecular weight is 298 g/mol. The highest BCUT2D eigenvalue weighted by Gasteiger charge is 2.27. The topological polar surface area (TPSA) is 90.4 Å². The van der Waals surface area contributed by atoms with Gasteiger partial charge in [0.25, 0.3) is 0 Å². The monoisotopic (exact) mass is 297 g/mol. The van der Waals surface area contributed by atoms with E-state index in [9.17, 15) is 14.0 Å². The minimum Gasteiger partial charge on any atom is -0.350 e. The van der Waals surface area contributed by atoms with Gasteiger partial charge in [0.1, 0.15) is 15.9 Å². The van der Waals surface area contributed by atoms with E-state index in [1.165, 1.54) is 17.8 Å². The Morgan fingerprint density at radius 2 is 1.68 bits per heavy atom. The molecule has 7 heteroatoms. The van der Waals surface area contributed by atoms with Crippen LogP contribution in [0.3, 0.4) is 0 Å². The van der Waals surface area contributed by atoms with Crippen LogP contribution >= 0.6 is 11.8 Å². The summed E-state index contributed by atoms with van der Waals surface area (Å²) in [6.07, 6.45) is 0. The molecule has 2 aromatic rings. The molecule has 0 spiro atoms. The first-order valence-corrected chi connectivity index (χ1v) is 7.35. The lowest BCUT2D eigenvalue weighted by Crippen LogP contribution is -2.63. The van der Waals surface area contributed by atoms with Crippen LogP contribution in [0.5, 0.6) is 5.75 Å². The van der Waals surface area contributed by atoms with Crippen molar-refractivity contribution >= 4 is 23.1 Å². The van der Waals surface area contributed by atoms with Crippen LogP contribution in [0.1, 0.15) is 0 Å². The maximum atomic E-state index is 10.7. The molecule has 0 saturated carbocycles. The molecule has 0 aliphatic carbocycles. The quantitative estimate of drug-likeness (QED) is 0.725. The van der Waals surface area contributed by atoms with Gasteiger partial charge in [0.2, 0.25) is 0 Å². The largest absolute Gasteiger partial charge is 0.350 e. The van der Waals surface area contributed by atoms with Crippen molar-refractivity contribution in [3.05, 3.63) is 42.5 Å². The SMILES string of the molecule is [O-][Cl+3]([O-])([O-])Oc1cccc2c1Nc1ccccc1S2. The van der Waals surface area contributed by atoms with Gasteiger partial charge in [-0.3, -0.25) is 0 Å². The van der Waals surface area contributed by atoms with Crippen molar-refractivity contribution in [1.29, 1.82) is 0 Å². The number of nitrogens with one attached hydrogen (secondary N) is 1. The van der Waals surface area contributed by atoms with Crippen LogP contribution in [0.2, 0.25) is 0 Å². The summed E-state index contributed by atoms with van der Waals surface area (Å²) in [6.45, 7) is 0. The Morgan fingerprint density at radius 3 is 2.47 bits per heavy atom. The first-order chi connectivity index (χ1) is 9.03. The fourth-order valence-corrected chi connectivity index (χ4v) is 3.14. The van der Waals surface area contributed by atoms with Crippen molar-refractivity contribution in [3.8, 4) is 5.75 Å². The molecule has 0 amide bonds. The van der Waals surface area contributed by atoms with Crippen LogP contribution in [0, 0.1) is 10.2 Å². The van der Waals surface area contributed by atoms with Gasteiger partial charge in [0, 0.05) is 9.79 Å². The lowest BCUT2D eigenvalue weighted by atomic mass is 10.2. The van der Waals surface area contributed by atoms with Gasteiger partial charge in [-0.15, -0.1) is 0 Å². The normalized spacial score (nSPS) is 13.2. The highest BCUT2D eigenvalue weighted by molar-refractivity contribution is 7.99. The number of anilines is 2. The van der Waals surface area contributed by atoms with Gasteiger partial charge < -0.3 is 5.32 Å². The predicted molar refractivity (Wildman–Crippen MR) is 60.9 cm³/mol. The van der Waals surface area contributed by atoms with E-state index in [1.54, 1.807) is 6.07 Å². The van der Waals surface area contributed by atoms with Crippen molar-refractivity contribution in [2.24, 2.45) is 0 Å². The molecular weight excluding hydrogens is 290 g/mol. The molecule has 98 valence electrons. The number of para-hydroxylation sites is 2. The standard InChI is InChI=1S/C12H8ClNO4S/c15-13(16,17)18-9-5-3-7-11-12(9)14-8-4-1-2-6-10(8)19-11/h1-7,14H. The molecule has 0 bridgehead atoms. The molecule has 0 radical (unpaired) electrons. The Balaban J connectivity index is 2.01. The average Bonchev–Trinajstić information content (AvgIpc) is 2.35. The lowest BCUT2D eigenvalue weighted by molar-refractivity contribution is -1.91. The molecule has 2 aromatic carbocycles. The number of halogens is 1. The van der Waals surface area contributed by atoms with Gasteiger partial charge in [0.05, 0.1) is 5.69 Å². The van der Waals surface area contributed by atoms with Crippen LogP contribution in [-0.4, -0.2) is 0 Å². The smallest absolute Gasteiger partial charge is 0.312 e. The summed E-state index contributed by atoms with van der Waals surface area (Å²) in [7, 11) is -4.51. The third-order valence-corrected chi connectivity index (χ3v) is 4.02. The molecule has 5 nitrogen and oxygen atoms in total. The van der Waals surface area contributed by atoms with Crippen LogP contribution in [0.25, 0.3) is 0 Å². The van der Waals surface area contributed by atoms with Gasteiger partial charge in [-0.05, 0) is 24.3 Å². The Bertz CT molecular complexity index is 629. The van der Waals surface area contributed by atoms with Gasteiger partial charge in [-0.1, -0.05) is 34.3 Å². The lowest BCUT2D eigenvalue weighted by Gasteiger charge is -2.22. The molecule has 1 aliphatic rings. The highest BCUT2D eigenvalue weighted by Crippen LogP contribution is 2.47. The van der Waals surface area contributed by atoms with E-state index in [1.807, 2.05) is 30.3 Å². The third kappa shape index (κ3) is 2.63. The van der Waals surface area contributed by atoms with E-state index in [0.29, 0.717) is 5.69 Å². The first-order valence-electron chi connectivity index (χ1n) is 5.30. The molecule has 1 aliphatic heterocycles. The zero-order valence-corrected chi connectivity index (χ0v) is 11.0. The second kappa shape index (κ2) is 4.59. The molecule has 19 heavy (non-hydrogen) atoms. The van der Waals surface area contributed by atoms with E-state index >= 15 is 0 Å². The number of benzene rings is 2. The minimum absolute atomic E-state index is 0.00355. The first kappa shape index (κ1) is 12.6.